The van der Waals surface area contributed by atoms with E-state index in [4.69, 9.17) is 5.73 Å². The van der Waals surface area contributed by atoms with Crippen LogP contribution in [-0.2, 0) is 9.59 Å². The van der Waals surface area contributed by atoms with Crippen molar-refractivity contribution in [1.29, 1.82) is 0 Å². The molecule has 2 aliphatic rings. The van der Waals surface area contributed by atoms with Crippen molar-refractivity contribution >= 4 is 11.8 Å². The van der Waals surface area contributed by atoms with Gasteiger partial charge in [0.05, 0.1) is 12.1 Å². The fourth-order valence-electron chi connectivity index (χ4n) is 3.31. The van der Waals surface area contributed by atoms with Crippen LogP contribution in [0.5, 0.6) is 0 Å². The minimum atomic E-state index is -0.473. The molecule has 0 aliphatic heterocycles. The molecule has 5 nitrogen and oxygen atoms in total. The van der Waals surface area contributed by atoms with Crippen molar-refractivity contribution in [2.24, 2.45) is 11.7 Å². The highest BCUT2D eigenvalue weighted by Gasteiger charge is 2.40. The van der Waals surface area contributed by atoms with E-state index in [1.54, 1.807) is 6.92 Å². The zero-order valence-corrected chi connectivity index (χ0v) is 13.5. The quantitative estimate of drug-likeness (QED) is 0.805. The lowest BCUT2D eigenvalue weighted by molar-refractivity contribution is -0.135. The van der Waals surface area contributed by atoms with E-state index in [0.717, 1.165) is 38.5 Å². The second-order valence-corrected chi connectivity index (χ2v) is 6.89. The molecule has 3 atom stereocenters. The maximum absolute atomic E-state index is 12.2. The number of carbonyl (C=O) groups excluding carboxylic acids is 2. The average Bonchev–Trinajstić information content (AvgIpc) is 3.24. The van der Waals surface area contributed by atoms with Crippen molar-refractivity contribution in [3.8, 4) is 0 Å². The number of nitrogens with one attached hydrogen (secondary N) is 1. The normalized spacial score (nSPS) is 27.3. The summed E-state index contributed by atoms with van der Waals surface area (Å²) in [7, 11) is 0. The summed E-state index contributed by atoms with van der Waals surface area (Å²) in [6, 6.07) is 0.121. The Hall–Kier alpha value is -1.10. The Balaban J connectivity index is 2.04. The maximum Gasteiger partial charge on any atom is 0.237 e. The van der Waals surface area contributed by atoms with Crippen molar-refractivity contribution in [2.75, 3.05) is 0 Å². The Bertz CT molecular complexity index is 393. The zero-order valence-electron chi connectivity index (χ0n) is 13.5. The van der Waals surface area contributed by atoms with Gasteiger partial charge in [-0.05, 0) is 31.6 Å². The Morgan fingerprint density at radius 2 is 1.76 bits per heavy atom. The fraction of sp³-hybridized carbons (Fsp3) is 0.875. The molecule has 5 heteroatoms. The summed E-state index contributed by atoms with van der Waals surface area (Å²) in [6.45, 7) is 5.55. The molecule has 3 N–H and O–H groups in total. The second kappa shape index (κ2) is 6.77. The number of hydrogen-bond donors (Lipinski definition) is 2. The number of nitrogens with two attached hydrogens (primary N) is 1. The van der Waals surface area contributed by atoms with Crippen LogP contribution in [0, 0.1) is 5.92 Å². The first kappa shape index (κ1) is 16.3. The first-order valence-electron chi connectivity index (χ1n) is 8.26. The van der Waals surface area contributed by atoms with E-state index >= 15 is 0 Å². The van der Waals surface area contributed by atoms with Crippen molar-refractivity contribution in [3.63, 3.8) is 0 Å². The molecular formula is C16H29N3O2. The summed E-state index contributed by atoms with van der Waals surface area (Å²) in [5, 5.41) is 3.11. The molecule has 2 fully saturated rings. The van der Waals surface area contributed by atoms with Gasteiger partial charge < -0.3 is 16.0 Å². The van der Waals surface area contributed by atoms with E-state index in [1.807, 2.05) is 18.7 Å². The molecule has 0 aromatic carbocycles. The van der Waals surface area contributed by atoms with Crippen molar-refractivity contribution in [1.82, 2.24) is 10.2 Å². The number of hydrogen-bond acceptors (Lipinski definition) is 3. The fourth-order valence-corrected chi connectivity index (χ4v) is 3.31. The van der Waals surface area contributed by atoms with Gasteiger partial charge in [0.25, 0.3) is 0 Å². The van der Waals surface area contributed by atoms with Gasteiger partial charge in [0.15, 0.2) is 0 Å². The van der Waals surface area contributed by atoms with Crippen LogP contribution in [0.1, 0.15) is 59.3 Å². The first-order chi connectivity index (χ1) is 9.91. The van der Waals surface area contributed by atoms with Gasteiger partial charge in [-0.3, -0.25) is 9.59 Å². The molecule has 0 bridgehead atoms. The largest absolute Gasteiger partial charge is 0.350 e. The van der Waals surface area contributed by atoms with Crippen LogP contribution < -0.4 is 11.1 Å². The third-order valence-corrected chi connectivity index (χ3v) is 4.74. The molecule has 0 aromatic heterocycles. The summed E-state index contributed by atoms with van der Waals surface area (Å²) >= 11 is 0. The summed E-state index contributed by atoms with van der Waals surface area (Å²) in [4.78, 5) is 26.2. The summed E-state index contributed by atoms with van der Waals surface area (Å²) in [5.41, 5.74) is 5.94. The number of amides is 2. The Morgan fingerprint density at radius 1 is 1.14 bits per heavy atom. The second-order valence-electron chi connectivity index (χ2n) is 6.89. The summed E-state index contributed by atoms with van der Waals surface area (Å²) < 4.78 is 0. The van der Waals surface area contributed by atoms with Gasteiger partial charge in [-0.15, -0.1) is 0 Å². The molecule has 0 unspecified atom stereocenters. The Morgan fingerprint density at radius 3 is 2.29 bits per heavy atom. The molecule has 120 valence electrons. The van der Waals surface area contributed by atoms with Crippen LogP contribution in [0.25, 0.3) is 0 Å². The van der Waals surface area contributed by atoms with Crippen molar-refractivity contribution in [2.45, 2.75) is 83.5 Å². The van der Waals surface area contributed by atoms with Crippen molar-refractivity contribution < 1.29 is 9.59 Å². The van der Waals surface area contributed by atoms with E-state index in [2.05, 4.69) is 5.32 Å². The molecule has 0 spiro atoms. The van der Waals surface area contributed by atoms with Gasteiger partial charge >= 0.3 is 0 Å². The number of carbonyl (C=O) groups is 2. The highest BCUT2D eigenvalue weighted by atomic mass is 16.2. The highest BCUT2D eigenvalue weighted by molar-refractivity contribution is 5.82. The van der Waals surface area contributed by atoms with Crippen LogP contribution in [0.15, 0.2) is 0 Å². The van der Waals surface area contributed by atoms with Gasteiger partial charge in [-0.1, -0.05) is 26.7 Å². The summed E-state index contributed by atoms with van der Waals surface area (Å²) in [5.74, 6) is 0.178. The van der Waals surface area contributed by atoms with E-state index in [0.29, 0.717) is 6.04 Å². The lowest BCUT2D eigenvalue weighted by Crippen LogP contribution is -2.58. The number of nitrogens with zero attached hydrogens (tertiary/aromatic N) is 1. The van der Waals surface area contributed by atoms with E-state index < -0.39 is 6.04 Å². The van der Waals surface area contributed by atoms with Gasteiger partial charge in [0.2, 0.25) is 11.8 Å². The molecule has 2 rings (SSSR count). The molecule has 2 aliphatic carbocycles. The minimum absolute atomic E-state index is 0.0561. The smallest absolute Gasteiger partial charge is 0.237 e. The van der Waals surface area contributed by atoms with E-state index in [1.165, 1.54) is 0 Å². The van der Waals surface area contributed by atoms with Gasteiger partial charge in [-0.2, -0.15) is 0 Å². The van der Waals surface area contributed by atoms with Crippen molar-refractivity contribution in [3.05, 3.63) is 0 Å². The number of rotatable bonds is 5. The van der Waals surface area contributed by atoms with Crippen LogP contribution in [0.4, 0.5) is 0 Å². The standard InChI is InChI=1S/C16H29N3O2/c1-10(2)15(17)16(21)18-13-6-4-5-7-14(13)19(11(3)20)12-8-9-12/h10,12-15H,4-9,17H2,1-3H3,(H,18,21)/t13-,14+,15+/m1/s1. The molecule has 21 heavy (non-hydrogen) atoms. The van der Waals surface area contributed by atoms with Gasteiger partial charge in [0, 0.05) is 19.0 Å². The predicted octanol–water partition coefficient (Wildman–Crippen LogP) is 1.41. The maximum atomic E-state index is 12.2. The zero-order chi connectivity index (χ0) is 15.6. The average molecular weight is 295 g/mol. The SMILES string of the molecule is CC(=O)N(C1CC1)[C@H]1CCCC[C@H]1NC(=O)[C@@H](N)C(C)C. The highest BCUT2D eigenvalue weighted by Crippen LogP contribution is 2.34. The lowest BCUT2D eigenvalue weighted by Gasteiger charge is -2.40. The monoisotopic (exact) mass is 295 g/mol. The van der Waals surface area contributed by atoms with Gasteiger partial charge in [0.1, 0.15) is 0 Å². The summed E-state index contributed by atoms with van der Waals surface area (Å²) in [6.07, 6.45) is 6.36. The van der Waals surface area contributed by atoms with Crippen LogP contribution in [0.2, 0.25) is 0 Å². The molecule has 2 saturated carbocycles. The lowest BCUT2D eigenvalue weighted by atomic mass is 9.88. The molecule has 2 amide bonds. The Labute approximate surface area is 127 Å². The minimum Gasteiger partial charge on any atom is -0.350 e. The van der Waals surface area contributed by atoms with Crippen LogP contribution in [-0.4, -0.2) is 40.9 Å². The predicted molar refractivity (Wildman–Crippen MR) is 82.5 cm³/mol. The van der Waals surface area contributed by atoms with E-state index in [9.17, 15) is 9.59 Å². The third-order valence-electron chi connectivity index (χ3n) is 4.74. The Kier molecular flexibility index (Phi) is 5.25. The molecule has 0 aromatic rings. The topological polar surface area (TPSA) is 75.4 Å². The van der Waals surface area contributed by atoms with Gasteiger partial charge in [-0.25, -0.2) is 0 Å². The first-order valence-corrected chi connectivity index (χ1v) is 8.26. The van der Waals surface area contributed by atoms with E-state index in [-0.39, 0.29) is 29.8 Å². The third kappa shape index (κ3) is 3.96. The molecular weight excluding hydrogens is 266 g/mol. The van der Waals surface area contributed by atoms with Crippen LogP contribution >= 0.6 is 0 Å². The molecule has 0 heterocycles. The molecule has 0 radical (unpaired) electrons. The van der Waals surface area contributed by atoms with Crippen LogP contribution in [0.3, 0.4) is 0 Å². The molecule has 0 saturated heterocycles.